The highest BCUT2D eigenvalue weighted by Crippen LogP contribution is 2.28. The molecule has 5 rings (SSSR count). The van der Waals surface area contributed by atoms with Crippen LogP contribution in [0.4, 0.5) is 23.0 Å². The average Bonchev–Trinajstić information content (AvgIpc) is 2.93. The molecule has 1 amide bonds. The maximum absolute atomic E-state index is 12.3. The van der Waals surface area contributed by atoms with E-state index in [1.807, 2.05) is 55.4 Å². The minimum Gasteiger partial charge on any atom is -0.372 e. The fourth-order valence-corrected chi connectivity index (χ4v) is 4.56. The summed E-state index contributed by atoms with van der Waals surface area (Å²) >= 11 is 0. The number of rotatable bonds is 8. The number of hydrogen-bond donors (Lipinski definition) is 2. The van der Waals surface area contributed by atoms with Gasteiger partial charge in [0.25, 0.3) is 0 Å². The molecule has 8 heteroatoms. The molecule has 1 aliphatic rings. The van der Waals surface area contributed by atoms with Gasteiger partial charge in [-0.15, -0.1) is 0 Å². The second-order valence-corrected chi connectivity index (χ2v) is 9.75. The van der Waals surface area contributed by atoms with Crippen molar-refractivity contribution in [3.63, 3.8) is 0 Å². The summed E-state index contributed by atoms with van der Waals surface area (Å²) < 4.78 is 0. The lowest BCUT2D eigenvalue weighted by atomic mass is 10.1. The Labute approximate surface area is 223 Å². The molecule has 4 aromatic rings. The van der Waals surface area contributed by atoms with Crippen LogP contribution in [0.1, 0.15) is 19.3 Å². The number of nitrogens with one attached hydrogen (secondary N) is 2. The van der Waals surface area contributed by atoms with Crippen molar-refractivity contribution < 1.29 is 4.79 Å². The highest BCUT2D eigenvalue weighted by atomic mass is 16.1. The summed E-state index contributed by atoms with van der Waals surface area (Å²) in [7, 11) is 3.92. The van der Waals surface area contributed by atoms with Crippen LogP contribution in [-0.2, 0) is 4.79 Å². The first-order chi connectivity index (χ1) is 18.5. The normalized spacial score (nSPS) is 13.8. The molecule has 0 spiro atoms. The van der Waals surface area contributed by atoms with E-state index in [0.29, 0.717) is 18.2 Å². The summed E-state index contributed by atoms with van der Waals surface area (Å²) in [5.41, 5.74) is 5.21. The van der Waals surface area contributed by atoms with Crippen molar-refractivity contribution >= 4 is 39.8 Å². The molecule has 0 aliphatic carbocycles. The standard InChI is InChI=1S/C30H33N7O/c1-36(2)17-7-10-27(38)33-25-9-6-8-22(20-25)28-29-23(15-16-31-28)21-32-30(35-29)34-24-11-13-26(14-12-24)37-18-4-3-5-19-37/h6-16,20-21H,3-5,17-19H2,1-2H3,(H,33,38)(H,32,34,35)/b10-7+. The van der Waals surface area contributed by atoms with E-state index in [9.17, 15) is 4.79 Å². The minimum absolute atomic E-state index is 0.171. The Morgan fingerprint density at radius 3 is 2.61 bits per heavy atom. The first kappa shape index (κ1) is 25.4. The number of carbonyl (C=O) groups is 1. The molecule has 0 unspecified atom stereocenters. The molecule has 38 heavy (non-hydrogen) atoms. The molecule has 194 valence electrons. The van der Waals surface area contributed by atoms with E-state index in [2.05, 4.69) is 49.8 Å². The van der Waals surface area contributed by atoms with E-state index in [4.69, 9.17) is 4.98 Å². The zero-order chi connectivity index (χ0) is 26.3. The Morgan fingerprint density at radius 1 is 1.00 bits per heavy atom. The van der Waals surface area contributed by atoms with Gasteiger partial charge in [-0.05, 0) is 75.8 Å². The van der Waals surface area contributed by atoms with Gasteiger partial charge in [0.05, 0.1) is 5.69 Å². The van der Waals surface area contributed by atoms with Gasteiger partial charge >= 0.3 is 0 Å². The van der Waals surface area contributed by atoms with Crippen LogP contribution >= 0.6 is 0 Å². The van der Waals surface area contributed by atoms with E-state index >= 15 is 0 Å². The molecular formula is C30H33N7O. The number of nitrogens with zero attached hydrogens (tertiary/aromatic N) is 5. The van der Waals surface area contributed by atoms with Gasteiger partial charge in [-0.3, -0.25) is 9.78 Å². The molecule has 2 N–H and O–H groups in total. The van der Waals surface area contributed by atoms with Crippen molar-refractivity contribution in [3.8, 4) is 11.3 Å². The summed E-state index contributed by atoms with van der Waals surface area (Å²) in [6, 6.07) is 18.0. The first-order valence-electron chi connectivity index (χ1n) is 13.0. The lowest BCUT2D eigenvalue weighted by Gasteiger charge is -2.28. The number of anilines is 4. The number of aromatic nitrogens is 3. The van der Waals surface area contributed by atoms with Crippen LogP contribution < -0.4 is 15.5 Å². The van der Waals surface area contributed by atoms with Crippen LogP contribution in [0.15, 0.2) is 79.1 Å². The molecule has 2 aromatic heterocycles. The highest BCUT2D eigenvalue weighted by molar-refractivity contribution is 6.00. The maximum atomic E-state index is 12.3. The van der Waals surface area contributed by atoms with Gasteiger partial charge in [-0.1, -0.05) is 18.2 Å². The van der Waals surface area contributed by atoms with Crippen molar-refractivity contribution in [2.24, 2.45) is 0 Å². The van der Waals surface area contributed by atoms with Gasteiger partial charge in [0.2, 0.25) is 11.9 Å². The van der Waals surface area contributed by atoms with E-state index < -0.39 is 0 Å². The minimum atomic E-state index is -0.171. The zero-order valence-electron chi connectivity index (χ0n) is 21.9. The number of fused-ring (bicyclic) bond motifs is 1. The molecule has 1 fully saturated rings. The van der Waals surface area contributed by atoms with Crippen LogP contribution in [0.5, 0.6) is 0 Å². The van der Waals surface area contributed by atoms with E-state index in [1.54, 1.807) is 18.5 Å². The van der Waals surface area contributed by atoms with E-state index in [-0.39, 0.29) is 5.91 Å². The Hall–Kier alpha value is -4.30. The summed E-state index contributed by atoms with van der Waals surface area (Å²) in [5, 5.41) is 7.15. The third-order valence-electron chi connectivity index (χ3n) is 6.49. The van der Waals surface area contributed by atoms with Gasteiger partial charge in [0, 0.05) is 66.1 Å². The largest absolute Gasteiger partial charge is 0.372 e. The molecule has 1 saturated heterocycles. The van der Waals surface area contributed by atoms with Gasteiger partial charge in [0.1, 0.15) is 5.52 Å². The Bertz CT molecular complexity index is 1430. The number of piperidine rings is 1. The van der Waals surface area contributed by atoms with Crippen LogP contribution in [-0.4, -0.2) is 59.5 Å². The second kappa shape index (κ2) is 11.8. The monoisotopic (exact) mass is 507 g/mol. The molecule has 2 aromatic carbocycles. The number of pyridine rings is 1. The van der Waals surface area contributed by atoms with Crippen LogP contribution in [0, 0.1) is 0 Å². The molecule has 1 aliphatic heterocycles. The second-order valence-electron chi connectivity index (χ2n) is 9.75. The summed E-state index contributed by atoms with van der Waals surface area (Å²) in [6.45, 7) is 2.94. The number of amides is 1. The number of benzene rings is 2. The quantitative estimate of drug-likeness (QED) is 0.305. The third kappa shape index (κ3) is 6.33. The average molecular weight is 508 g/mol. The fourth-order valence-electron chi connectivity index (χ4n) is 4.56. The van der Waals surface area contributed by atoms with Gasteiger partial charge in [-0.2, -0.15) is 0 Å². The third-order valence-corrected chi connectivity index (χ3v) is 6.49. The van der Waals surface area contributed by atoms with Crippen molar-refractivity contribution in [2.75, 3.05) is 49.3 Å². The SMILES string of the molecule is CN(C)C/C=C/C(=O)Nc1cccc(-c2nccc3cnc(Nc4ccc(N5CCCCC5)cc4)nc23)c1. The summed E-state index contributed by atoms with van der Waals surface area (Å²) in [4.78, 5) is 30.7. The van der Waals surface area contributed by atoms with Crippen molar-refractivity contribution in [2.45, 2.75) is 19.3 Å². The zero-order valence-corrected chi connectivity index (χ0v) is 21.9. The van der Waals surface area contributed by atoms with Crippen LogP contribution in [0.2, 0.25) is 0 Å². The Kier molecular flexibility index (Phi) is 7.89. The topological polar surface area (TPSA) is 86.3 Å². The number of likely N-dealkylation sites (N-methyl/N-ethyl adjacent to an activating group) is 1. The summed E-state index contributed by atoms with van der Waals surface area (Å²) in [6.07, 6.45) is 10.8. The van der Waals surface area contributed by atoms with Crippen LogP contribution in [0.25, 0.3) is 22.2 Å². The number of hydrogen-bond acceptors (Lipinski definition) is 7. The smallest absolute Gasteiger partial charge is 0.248 e. The molecular weight excluding hydrogens is 474 g/mol. The van der Waals surface area contributed by atoms with E-state index in [0.717, 1.165) is 40.9 Å². The summed E-state index contributed by atoms with van der Waals surface area (Å²) in [5.74, 6) is 0.336. The van der Waals surface area contributed by atoms with Gasteiger partial charge in [0.15, 0.2) is 0 Å². The van der Waals surface area contributed by atoms with Crippen LogP contribution in [0.3, 0.4) is 0 Å². The Morgan fingerprint density at radius 2 is 1.82 bits per heavy atom. The lowest BCUT2D eigenvalue weighted by Crippen LogP contribution is -2.29. The molecule has 0 radical (unpaired) electrons. The molecule has 0 atom stereocenters. The maximum Gasteiger partial charge on any atom is 0.248 e. The van der Waals surface area contributed by atoms with Gasteiger partial charge in [-0.25, -0.2) is 9.97 Å². The van der Waals surface area contributed by atoms with E-state index in [1.165, 1.54) is 24.9 Å². The number of carbonyl (C=O) groups excluding carboxylic acids is 1. The predicted octanol–water partition coefficient (Wildman–Crippen LogP) is 5.48. The first-order valence-corrected chi connectivity index (χ1v) is 13.0. The highest BCUT2D eigenvalue weighted by Gasteiger charge is 2.12. The predicted molar refractivity (Wildman–Crippen MR) is 155 cm³/mol. The van der Waals surface area contributed by atoms with Crippen molar-refractivity contribution in [1.82, 2.24) is 19.9 Å². The Balaban J connectivity index is 1.35. The van der Waals surface area contributed by atoms with Crippen molar-refractivity contribution in [1.29, 1.82) is 0 Å². The molecule has 0 bridgehead atoms. The van der Waals surface area contributed by atoms with Crippen molar-refractivity contribution in [3.05, 3.63) is 79.1 Å². The van der Waals surface area contributed by atoms with Gasteiger partial charge < -0.3 is 20.4 Å². The fraction of sp³-hybridized carbons (Fsp3) is 0.267. The lowest BCUT2D eigenvalue weighted by molar-refractivity contribution is -0.111. The molecule has 0 saturated carbocycles. The molecule has 8 nitrogen and oxygen atoms in total. The molecule has 3 heterocycles.